The van der Waals surface area contributed by atoms with E-state index in [1.54, 1.807) is 31.3 Å². The van der Waals surface area contributed by atoms with Crippen LogP contribution in [0.1, 0.15) is 12.0 Å². The van der Waals surface area contributed by atoms with Gasteiger partial charge in [-0.25, -0.2) is 9.18 Å². The molecule has 0 bridgehead atoms. The second-order valence-corrected chi connectivity index (χ2v) is 6.89. The van der Waals surface area contributed by atoms with Crippen molar-refractivity contribution in [3.05, 3.63) is 52.8 Å². The van der Waals surface area contributed by atoms with E-state index < -0.39 is 11.8 Å². The molecule has 7 nitrogen and oxygen atoms in total. The highest BCUT2D eigenvalue weighted by Crippen LogP contribution is 2.27. The summed E-state index contributed by atoms with van der Waals surface area (Å²) in [5.41, 5.74) is 1.18. The number of nitrogens with zero attached hydrogens (tertiary/aromatic N) is 2. The monoisotopic (exact) mass is 421 g/mol. The molecule has 0 aromatic heterocycles. The number of amides is 3. The Bertz CT molecular complexity index is 925. The molecule has 1 aliphatic rings. The summed E-state index contributed by atoms with van der Waals surface area (Å²) < 4.78 is 23.9. The smallest absolute Gasteiger partial charge is 0.323 e. The largest absolute Gasteiger partial charge is 0.497 e. The third-order valence-electron chi connectivity index (χ3n) is 4.60. The van der Waals surface area contributed by atoms with Gasteiger partial charge in [0.1, 0.15) is 17.3 Å². The molecule has 9 heteroatoms. The van der Waals surface area contributed by atoms with E-state index in [-0.39, 0.29) is 37.1 Å². The number of urea groups is 1. The van der Waals surface area contributed by atoms with Crippen LogP contribution in [0.5, 0.6) is 11.5 Å². The molecule has 154 valence electrons. The van der Waals surface area contributed by atoms with Crippen molar-refractivity contribution in [2.45, 2.75) is 13.0 Å². The third-order valence-corrected chi connectivity index (χ3v) is 4.89. The number of carbonyl (C=O) groups excluding carboxylic acids is 2. The van der Waals surface area contributed by atoms with Crippen LogP contribution in [-0.4, -0.2) is 49.2 Å². The molecule has 1 aliphatic heterocycles. The number of ether oxygens (including phenoxy) is 2. The van der Waals surface area contributed by atoms with Gasteiger partial charge in [0.2, 0.25) is 5.91 Å². The van der Waals surface area contributed by atoms with Crippen molar-refractivity contribution in [2.24, 2.45) is 0 Å². The van der Waals surface area contributed by atoms with Gasteiger partial charge < -0.3 is 24.6 Å². The Morgan fingerprint density at radius 2 is 2.00 bits per heavy atom. The lowest BCUT2D eigenvalue weighted by molar-refractivity contribution is -0.137. The first kappa shape index (κ1) is 20.7. The molecule has 1 N–H and O–H groups in total. The van der Waals surface area contributed by atoms with Crippen LogP contribution in [0.15, 0.2) is 36.4 Å². The van der Waals surface area contributed by atoms with Crippen LogP contribution in [0.3, 0.4) is 0 Å². The van der Waals surface area contributed by atoms with Crippen LogP contribution in [0, 0.1) is 5.82 Å². The lowest BCUT2D eigenvalue weighted by Gasteiger charge is -2.35. The number of anilines is 1. The molecule has 0 atom stereocenters. The molecule has 0 unspecified atom stereocenters. The average molecular weight is 422 g/mol. The lowest BCUT2D eigenvalue weighted by atomic mass is 10.1. The molecule has 1 heterocycles. The predicted molar refractivity (Wildman–Crippen MR) is 107 cm³/mol. The van der Waals surface area contributed by atoms with Crippen molar-refractivity contribution < 1.29 is 23.5 Å². The minimum Gasteiger partial charge on any atom is -0.497 e. The van der Waals surface area contributed by atoms with Crippen molar-refractivity contribution in [1.29, 1.82) is 0 Å². The standard InChI is InChI=1S/C20H21ClFN3O4/c1-28-15-5-3-13(18(10-15)29-2)11-25-12-24(8-7-19(25)26)20(27)23-14-4-6-17(22)16(21)9-14/h3-6,9-10H,7-8,11-12H2,1-2H3,(H,23,27). The van der Waals surface area contributed by atoms with Gasteiger partial charge in [-0.15, -0.1) is 0 Å². The fourth-order valence-corrected chi connectivity index (χ4v) is 3.19. The van der Waals surface area contributed by atoms with Crippen molar-refractivity contribution in [1.82, 2.24) is 9.80 Å². The Morgan fingerprint density at radius 1 is 1.21 bits per heavy atom. The van der Waals surface area contributed by atoms with E-state index in [1.165, 1.54) is 23.1 Å². The maximum absolute atomic E-state index is 13.3. The molecule has 29 heavy (non-hydrogen) atoms. The number of halogens is 2. The maximum atomic E-state index is 13.3. The molecule has 3 rings (SSSR count). The minimum atomic E-state index is -0.562. The van der Waals surface area contributed by atoms with Gasteiger partial charge in [0.25, 0.3) is 0 Å². The lowest BCUT2D eigenvalue weighted by Crippen LogP contribution is -2.51. The number of hydrogen-bond donors (Lipinski definition) is 1. The van der Waals surface area contributed by atoms with E-state index in [0.29, 0.717) is 17.2 Å². The molecule has 1 fully saturated rings. The van der Waals surface area contributed by atoms with Crippen LogP contribution < -0.4 is 14.8 Å². The number of rotatable bonds is 5. The normalized spacial score (nSPS) is 14.0. The van der Waals surface area contributed by atoms with Gasteiger partial charge in [0.05, 0.1) is 32.5 Å². The summed E-state index contributed by atoms with van der Waals surface area (Å²) in [5.74, 6) is 0.624. The highest BCUT2D eigenvalue weighted by molar-refractivity contribution is 6.31. The Hall–Kier alpha value is -3.00. The van der Waals surface area contributed by atoms with E-state index in [2.05, 4.69) is 5.32 Å². The summed E-state index contributed by atoms with van der Waals surface area (Å²) in [5, 5.41) is 2.59. The summed E-state index contributed by atoms with van der Waals surface area (Å²) in [6.45, 7) is 0.697. The zero-order valence-electron chi connectivity index (χ0n) is 16.1. The molecular weight excluding hydrogens is 401 g/mol. The summed E-state index contributed by atoms with van der Waals surface area (Å²) in [6.07, 6.45) is 0.204. The van der Waals surface area contributed by atoms with Gasteiger partial charge >= 0.3 is 6.03 Å². The van der Waals surface area contributed by atoms with E-state index in [4.69, 9.17) is 21.1 Å². The number of methoxy groups -OCH3 is 2. The highest BCUT2D eigenvalue weighted by atomic mass is 35.5. The number of nitrogens with one attached hydrogen (secondary N) is 1. The molecule has 2 aromatic carbocycles. The first-order chi connectivity index (χ1) is 13.9. The molecule has 0 radical (unpaired) electrons. The fraction of sp³-hybridized carbons (Fsp3) is 0.300. The predicted octanol–water partition coefficient (Wildman–Crippen LogP) is 3.72. The first-order valence-electron chi connectivity index (χ1n) is 8.91. The van der Waals surface area contributed by atoms with Crippen molar-refractivity contribution in [2.75, 3.05) is 32.7 Å². The van der Waals surface area contributed by atoms with Gasteiger partial charge in [-0.1, -0.05) is 11.6 Å². The second-order valence-electron chi connectivity index (χ2n) is 6.48. The van der Waals surface area contributed by atoms with Crippen molar-refractivity contribution >= 4 is 29.2 Å². The third kappa shape index (κ3) is 4.89. The van der Waals surface area contributed by atoms with Crippen LogP contribution in [0.2, 0.25) is 5.02 Å². The van der Waals surface area contributed by atoms with Crippen LogP contribution >= 0.6 is 11.6 Å². The SMILES string of the molecule is COc1ccc(CN2CN(C(=O)Nc3ccc(F)c(Cl)c3)CCC2=O)c(OC)c1. The molecule has 1 saturated heterocycles. The van der Waals surface area contributed by atoms with E-state index in [0.717, 1.165) is 5.56 Å². The van der Waals surface area contributed by atoms with Gasteiger partial charge in [-0.2, -0.15) is 0 Å². The Balaban J connectivity index is 1.69. The van der Waals surface area contributed by atoms with E-state index in [9.17, 15) is 14.0 Å². The first-order valence-corrected chi connectivity index (χ1v) is 9.28. The van der Waals surface area contributed by atoms with Crippen LogP contribution in [0.4, 0.5) is 14.9 Å². The highest BCUT2D eigenvalue weighted by Gasteiger charge is 2.27. The van der Waals surface area contributed by atoms with Crippen molar-refractivity contribution in [3.63, 3.8) is 0 Å². The van der Waals surface area contributed by atoms with Gasteiger partial charge in [-0.05, 0) is 30.3 Å². The molecule has 0 spiro atoms. The number of hydrogen-bond acceptors (Lipinski definition) is 4. The Labute approximate surface area is 172 Å². The Morgan fingerprint density at radius 3 is 2.69 bits per heavy atom. The molecule has 0 aliphatic carbocycles. The molecular formula is C20H21ClFN3O4. The quantitative estimate of drug-likeness (QED) is 0.798. The summed E-state index contributed by atoms with van der Waals surface area (Å²) in [6, 6.07) is 8.90. The second kappa shape index (κ2) is 9.00. The zero-order valence-corrected chi connectivity index (χ0v) is 16.8. The van der Waals surface area contributed by atoms with Crippen LogP contribution in [0.25, 0.3) is 0 Å². The summed E-state index contributed by atoms with van der Waals surface area (Å²) >= 11 is 5.75. The Kier molecular flexibility index (Phi) is 6.43. The topological polar surface area (TPSA) is 71.1 Å². The molecule has 0 saturated carbocycles. The van der Waals surface area contributed by atoms with E-state index >= 15 is 0 Å². The molecule has 2 aromatic rings. The summed E-state index contributed by atoms with van der Waals surface area (Å²) in [7, 11) is 3.11. The minimum absolute atomic E-state index is 0.0586. The molecule has 3 amide bonds. The fourth-order valence-electron chi connectivity index (χ4n) is 3.01. The zero-order chi connectivity index (χ0) is 21.0. The number of carbonyl (C=O) groups is 2. The van der Waals surface area contributed by atoms with Crippen molar-refractivity contribution in [3.8, 4) is 11.5 Å². The summed E-state index contributed by atoms with van der Waals surface area (Å²) in [4.78, 5) is 28.0. The van der Waals surface area contributed by atoms with Gasteiger partial charge in [-0.3, -0.25) is 4.79 Å². The van der Waals surface area contributed by atoms with Gasteiger partial charge in [0, 0.05) is 30.3 Å². The van der Waals surface area contributed by atoms with Gasteiger partial charge in [0.15, 0.2) is 0 Å². The maximum Gasteiger partial charge on any atom is 0.323 e. The number of benzene rings is 2. The average Bonchev–Trinajstić information content (AvgIpc) is 2.72. The van der Waals surface area contributed by atoms with Crippen LogP contribution in [-0.2, 0) is 11.3 Å². The van der Waals surface area contributed by atoms with E-state index in [1.807, 2.05) is 6.07 Å².